The van der Waals surface area contributed by atoms with Gasteiger partial charge in [0.05, 0.1) is 18.4 Å². The molecular formula is C12H16N2O2. The molecule has 1 fully saturated rings. The van der Waals surface area contributed by atoms with Gasteiger partial charge in [-0.2, -0.15) is 5.01 Å². The Morgan fingerprint density at radius 3 is 2.88 bits per heavy atom. The zero-order chi connectivity index (χ0) is 11.5. The van der Waals surface area contributed by atoms with Gasteiger partial charge in [-0.05, 0) is 18.6 Å². The lowest BCUT2D eigenvalue weighted by Crippen LogP contribution is -2.11. The summed E-state index contributed by atoms with van der Waals surface area (Å²) in [5.41, 5.74) is 1.56. The molecule has 0 bridgehead atoms. The molecule has 0 aliphatic carbocycles. The molecule has 4 nitrogen and oxygen atoms in total. The van der Waals surface area contributed by atoms with Crippen molar-refractivity contribution >= 4 is 11.7 Å². The number of hydrogen-bond donors (Lipinski definition) is 0. The van der Waals surface area contributed by atoms with Crippen molar-refractivity contribution in [2.45, 2.75) is 13.3 Å². The Balaban J connectivity index is 2.18. The summed E-state index contributed by atoms with van der Waals surface area (Å²) in [4.78, 5) is 11.6. The first-order chi connectivity index (χ1) is 7.77. The Kier molecular flexibility index (Phi) is 3.10. The molecule has 1 aromatic rings. The third kappa shape index (κ3) is 2.02. The van der Waals surface area contributed by atoms with Crippen LogP contribution in [-0.4, -0.2) is 31.3 Å². The van der Waals surface area contributed by atoms with E-state index in [9.17, 15) is 4.79 Å². The van der Waals surface area contributed by atoms with Gasteiger partial charge in [0, 0.05) is 6.54 Å². The molecule has 0 N–H and O–H groups in total. The fourth-order valence-corrected chi connectivity index (χ4v) is 1.79. The SMILES string of the molecule is CCCN1CN1c1ccccc1C(=O)OC. The summed E-state index contributed by atoms with van der Waals surface area (Å²) in [5.74, 6) is -0.279. The first-order valence-electron chi connectivity index (χ1n) is 5.47. The van der Waals surface area contributed by atoms with E-state index in [0.717, 1.165) is 25.3 Å². The molecule has 2 rings (SSSR count). The van der Waals surface area contributed by atoms with Gasteiger partial charge in [0.25, 0.3) is 0 Å². The van der Waals surface area contributed by atoms with E-state index >= 15 is 0 Å². The lowest BCUT2D eigenvalue weighted by Gasteiger charge is -2.09. The van der Waals surface area contributed by atoms with E-state index in [0.29, 0.717) is 5.56 Å². The predicted molar refractivity (Wildman–Crippen MR) is 62.1 cm³/mol. The molecule has 1 aliphatic rings. The highest BCUT2D eigenvalue weighted by molar-refractivity contribution is 5.96. The third-order valence-corrected chi connectivity index (χ3v) is 2.62. The van der Waals surface area contributed by atoms with Gasteiger partial charge < -0.3 is 4.74 Å². The van der Waals surface area contributed by atoms with E-state index in [2.05, 4.69) is 16.9 Å². The van der Waals surface area contributed by atoms with E-state index in [1.807, 2.05) is 18.2 Å². The van der Waals surface area contributed by atoms with Crippen LogP contribution in [-0.2, 0) is 4.74 Å². The number of carbonyl (C=O) groups excluding carboxylic acids is 1. The van der Waals surface area contributed by atoms with Crippen molar-refractivity contribution in [1.29, 1.82) is 0 Å². The second-order valence-corrected chi connectivity index (χ2v) is 3.78. The summed E-state index contributed by atoms with van der Waals surface area (Å²) >= 11 is 0. The van der Waals surface area contributed by atoms with Gasteiger partial charge in [-0.25, -0.2) is 4.79 Å². The van der Waals surface area contributed by atoms with Crippen LogP contribution < -0.4 is 5.01 Å². The van der Waals surface area contributed by atoms with E-state index in [4.69, 9.17) is 4.74 Å². The van der Waals surface area contributed by atoms with Gasteiger partial charge in [0.2, 0.25) is 0 Å². The summed E-state index contributed by atoms with van der Waals surface area (Å²) in [6.07, 6.45) is 1.11. The number of hydrogen-bond acceptors (Lipinski definition) is 4. The molecule has 1 saturated heterocycles. The van der Waals surface area contributed by atoms with Gasteiger partial charge >= 0.3 is 5.97 Å². The lowest BCUT2D eigenvalue weighted by atomic mass is 10.2. The normalized spacial score (nSPS) is 18.4. The number of ether oxygens (including phenoxy) is 1. The topological polar surface area (TPSA) is 32.3 Å². The maximum atomic E-state index is 11.6. The molecular weight excluding hydrogens is 204 g/mol. The largest absolute Gasteiger partial charge is 0.465 e. The van der Waals surface area contributed by atoms with Gasteiger partial charge in [-0.15, -0.1) is 0 Å². The number of hydrazine groups is 1. The summed E-state index contributed by atoms with van der Waals surface area (Å²) in [6.45, 7) is 4.06. The molecule has 0 saturated carbocycles. The number of anilines is 1. The maximum Gasteiger partial charge on any atom is 0.340 e. The summed E-state index contributed by atoms with van der Waals surface area (Å²) in [7, 11) is 1.41. The molecule has 0 radical (unpaired) electrons. The smallest absolute Gasteiger partial charge is 0.340 e. The highest BCUT2D eigenvalue weighted by Gasteiger charge is 2.33. The average molecular weight is 220 g/mol. The van der Waals surface area contributed by atoms with E-state index in [1.54, 1.807) is 6.07 Å². The molecule has 1 heterocycles. The number of benzene rings is 1. The quantitative estimate of drug-likeness (QED) is 0.573. The number of para-hydroxylation sites is 1. The first-order valence-corrected chi connectivity index (χ1v) is 5.47. The number of esters is 1. The van der Waals surface area contributed by atoms with Crippen LogP contribution in [0.15, 0.2) is 24.3 Å². The maximum absolute atomic E-state index is 11.6. The molecule has 0 amide bonds. The molecule has 1 atom stereocenters. The van der Waals surface area contributed by atoms with Gasteiger partial charge in [-0.3, -0.25) is 5.01 Å². The van der Waals surface area contributed by atoms with Crippen LogP contribution in [0.4, 0.5) is 5.69 Å². The Morgan fingerprint density at radius 2 is 2.19 bits per heavy atom. The van der Waals surface area contributed by atoms with Crippen LogP contribution in [0.1, 0.15) is 23.7 Å². The van der Waals surface area contributed by atoms with Crippen molar-refractivity contribution in [2.75, 3.05) is 25.3 Å². The van der Waals surface area contributed by atoms with Crippen LogP contribution in [0.3, 0.4) is 0 Å². The fraction of sp³-hybridized carbons (Fsp3) is 0.417. The molecule has 16 heavy (non-hydrogen) atoms. The van der Waals surface area contributed by atoms with Crippen molar-refractivity contribution < 1.29 is 9.53 Å². The fourth-order valence-electron chi connectivity index (χ4n) is 1.79. The molecule has 0 aromatic heterocycles. The molecule has 4 heteroatoms. The van der Waals surface area contributed by atoms with Crippen LogP contribution in [0.25, 0.3) is 0 Å². The number of carbonyl (C=O) groups is 1. The highest BCUT2D eigenvalue weighted by Crippen LogP contribution is 2.30. The minimum atomic E-state index is -0.279. The summed E-state index contributed by atoms with van der Waals surface area (Å²) < 4.78 is 4.77. The van der Waals surface area contributed by atoms with E-state index in [-0.39, 0.29) is 5.97 Å². The Hall–Kier alpha value is -1.55. The van der Waals surface area contributed by atoms with Crippen molar-refractivity contribution in [3.8, 4) is 0 Å². The Bertz CT molecular complexity index is 392. The molecule has 1 unspecified atom stereocenters. The highest BCUT2D eigenvalue weighted by atomic mass is 16.5. The zero-order valence-electron chi connectivity index (χ0n) is 9.64. The van der Waals surface area contributed by atoms with Crippen LogP contribution in [0, 0.1) is 0 Å². The van der Waals surface area contributed by atoms with Crippen LogP contribution >= 0.6 is 0 Å². The zero-order valence-corrected chi connectivity index (χ0v) is 9.64. The molecule has 86 valence electrons. The minimum Gasteiger partial charge on any atom is -0.465 e. The Morgan fingerprint density at radius 1 is 1.44 bits per heavy atom. The summed E-state index contributed by atoms with van der Waals surface area (Å²) in [6, 6.07) is 7.53. The number of methoxy groups -OCH3 is 1. The van der Waals surface area contributed by atoms with Gasteiger partial charge in [0.1, 0.15) is 6.67 Å². The van der Waals surface area contributed by atoms with Crippen molar-refractivity contribution in [1.82, 2.24) is 5.01 Å². The lowest BCUT2D eigenvalue weighted by molar-refractivity contribution is 0.0601. The van der Waals surface area contributed by atoms with Crippen LogP contribution in [0.5, 0.6) is 0 Å². The molecule has 1 aliphatic heterocycles. The van der Waals surface area contributed by atoms with E-state index in [1.165, 1.54) is 7.11 Å². The molecule has 1 aromatic carbocycles. The predicted octanol–water partition coefficient (Wildman–Crippen LogP) is 1.88. The minimum absolute atomic E-state index is 0.279. The monoisotopic (exact) mass is 220 g/mol. The second-order valence-electron chi connectivity index (χ2n) is 3.78. The first kappa shape index (κ1) is 11.0. The van der Waals surface area contributed by atoms with Crippen molar-refractivity contribution in [2.24, 2.45) is 0 Å². The van der Waals surface area contributed by atoms with Gasteiger partial charge in [-0.1, -0.05) is 19.1 Å². The number of nitrogens with zero attached hydrogens (tertiary/aromatic N) is 2. The standard InChI is InChI=1S/C12H16N2O2/c1-3-8-13-9-14(13)11-7-5-4-6-10(11)12(15)16-2/h4-7H,3,8-9H2,1-2H3. The summed E-state index contributed by atoms with van der Waals surface area (Å²) in [5, 5.41) is 4.29. The van der Waals surface area contributed by atoms with E-state index < -0.39 is 0 Å². The van der Waals surface area contributed by atoms with Gasteiger partial charge in [0.15, 0.2) is 0 Å². The second kappa shape index (κ2) is 4.53. The van der Waals surface area contributed by atoms with Crippen molar-refractivity contribution in [3.05, 3.63) is 29.8 Å². The average Bonchev–Trinajstić information content (AvgIpc) is 3.08. The van der Waals surface area contributed by atoms with Crippen molar-refractivity contribution in [3.63, 3.8) is 0 Å². The molecule has 0 spiro atoms. The number of rotatable bonds is 4. The Labute approximate surface area is 95.4 Å². The van der Waals surface area contributed by atoms with Crippen LogP contribution in [0.2, 0.25) is 0 Å². The third-order valence-electron chi connectivity index (χ3n) is 2.62.